The van der Waals surface area contributed by atoms with Gasteiger partial charge in [0.15, 0.2) is 0 Å². The molecule has 0 aliphatic heterocycles. The molecule has 1 atom stereocenters. The van der Waals surface area contributed by atoms with Crippen molar-refractivity contribution in [2.45, 2.75) is 18.9 Å². The molecule has 3 heteroatoms. The molecule has 0 aromatic heterocycles. The molecule has 0 aliphatic carbocycles. The van der Waals surface area contributed by atoms with E-state index in [-0.39, 0.29) is 12.2 Å². The van der Waals surface area contributed by atoms with Crippen LogP contribution in [0.5, 0.6) is 0 Å². The third-order valence-electron chi connectivity index (χ3n) is 3.61. The van der Waals surface area contributed by atoms with Gasteiger partial charge in [0, 0.05) is 5.57 Å². The van der Waals surface area contributed by atoms with Crippen LogP contribution in [-0.2, 0) is 6.42 Å². The summed E-state index contributed by atoms with van der Waals surface area (Å²) in [7, 11) is 0. The molecule has 112 valence electrons. The minimum atomic E-state index is -0.882. The van der Waals surface area contributed by atoms with Crippen LogP contribution < -0.4 is 0 Å². The van der Waals surface area contributed by atoms with Crippen molar-refractivity contribution in [2.24, 2.45) is 0 Å². The highest BCUT2D eigenvalue weighted by Crippen LogP contribution is 2.22. The minimum absolute atomic E-state index is 0.240. The first kappa shape index (κ1) is 16.0. The number of aliphatic hydroxyl groups is 2. The number of hydrogen-bond acceptors (Lipinski definition) is 3. The lowest BCUT2D eigenvalue weighted by Crippen LogP contribution is -2.14. The quantitative estimate of drug-likeness (QED) is 0.805. The third-order valence-corrected chi connectivity index (χ3v) is 3.61. The number of nitrogens with zero attached hydrogens (tertiary/aromatic N) is 1. The summed E-state index contributed by atoms with van der Waals surface area (Å²) in [5.74, 6) is 0. The molecule has 0 saturated carbocycles. The lowest BCUT2D eigenvalue weighted by molar-refractivity contribution is 0.204. The molecule has 2 aromatic rings. The van der Waals surface area contributed by atoms with Crippen molar-refractivity contribution in [3.63, 3.8) is 0 Å². The Hall–Kier alpha value is -2.41. The normalized spacial score (nSPS) is 13.1. The summed E-state index contributed by atoms with van der Waals surface area (Å²) in [5, 5.41) is 29.3. The molecule has 2 aromatic carbocycles. The van der Waals surface area contributed by atoms with Crippen molar-refractivity contribution in [3.8, 4) is 6.07 Å². The van der Waals surface area contributed by atoms with E-state index >= 15 is 0 Å². The summed E-state index contributed by atoms with van der Waals surface area (Å²) >= 11 is 0. The zero-order valence-corrected chi connectivity index (χ0v) is 12.3. The molecule has 0 aliphatic rings. The molecule has 0 heterocycles. The van der Waals surface area contributed by atoms with Gasteiger partial charge in [0.2, 0.25) is 0 Å². The average Bonchev–Trinajstić information content (AvgIpc) is 2.59. The zero-order chi connectivity index (χ0) is 15.8. The number of nitriles is 1. The van der Waals surface area contributed by atoms with Crippen molar-refractivity contribution in [1.29, 1.82) is 5.26 Å². The third kappa shape index (κ3) is 4.05. The van der Waals surface area contributed by atoms with Crippen molar-refractivity contribution in [2.75, 3.05) is 6.61 Å². The maximum Gasteiger partial charge on any atom is 0.0978 e. The van der Waals surface area contributed by atoms with Crippen LogP contribution in [0.3, 0.4) is 0 Å². The molecule has 0 amide bonds. The first-order valence-electron chi connectivity index (χ1n) is 7.27. The lowest BCUT2D eigenvalue weighted by atomic mass is 9.94. The largest absolute Gasteiger partial charge is 0.392 e. The summed E-state index contributed by atoms with van der Waals surface area (Å²) in [6.07, 6.45) is 0.247. The fourth-order valence-corrected chi connectivity index (χ4v) is 2.41. The maximum absolute atomic E-state index is 10.3. The van der Waals surface area contributed by atoms with Gasteiger partial charge in [-0.3, -0.25) is 0 Å². The van der Waals surface area contributed by atoms with E-state index in [0.717, 1.165) is 11.1 Å². The zero-order valence-electron chi connectivity index (χ0n) is 12.3. The van der Waals surface area contributed by atoms with Gasteiger partial charge < -0.3 is 10.2 Å². The van der Waals surface area contributed by atoms with Crippen molar-refractivity contribution in [1.82, 2.24) is 0 Å². The van der Waals surface area contributed by atoms with Crippen LogP contribution in [0.4, 0.5) is 0 Å². The van der Waals surface area contributed by atoms with Gasteiger partial charge in [0.05, 0.1) is 24.4 Å². The second-order valence-electron chi connectivity index (χ2n) is 5.07. The smallest absolute Gasteiger partial charge is 0.0978 e. The highest BCUT2D eigenvalue weighted by molar-refractivity contribution is 5.73. The van der Waals surface area contributed by atoms with Gasteiger partial charge in [-0.25, -0.2) is 0 Å². The predicted molar refractivity (Wildman–Crippen MR) is 86.8 cm³/mol. The molecule has 22 heavy (non-hydrogen) atoms. The number of hydrogen-bond donors (Lipinski definition) is 2. The van der Waals surface area contributed by atoms with Crippen LogP contribution in [0.2, 0.25) is 0 Å². The second kappa shape index (κ2) is 8.14. The summed E-state index contributed by atoms with van der Waals surface area (Å²) in [6, 6.07) is 21.1. The number of aliphatic hydroxyl groups excluding tert-OH is 2. The summed E-state index contributed by atoms with van der Waals surface area (Å²) in [6.45, 7) is -0.269. The van der Waals surface area contributed by atoms with E-state index in [0.29, 0.717) is 18.4 Å². The van der Waals surface area contributed by atoms with Crippen LogP contribution in [0.25, 0.3) is 5.57 Å². The molecule has 1 unspecified atom stereocenters. The van der Waals surface area contributed by atoms with Crippen LogP contribution in [0.1, 0.15) is 17.5 Å². The minimum Gasteiger partial charge on any atom is -0.392 e. The molecule has 0 saturated heterocycles. The van der Waals surface area contributed by atoms with Gasteiger partial charge >= 0.3 is 0 Å². The Morgan fingerprint density at radius 2 is 1.59 bits per heavy atom. The van der Waals surface area contributed by atoms with Crippen molar-refractivity contribution < 1.29 is 10.2 Å². The van der Waals surface area contributed by atoms with E-state index in [1.165, 1.54) is 0 Å². The summed E-state index contributed by atoms with van der Waals surface area (Å²) < 4.78 is 0. The Bertz CT molecular complexity index is 657. The molecule has 0 fully saturated rings. The van der Waals surface area contributed by atoms with E-state index in [2.05, 4.69) is 6.07 Å². The van der Waals surface area contributed by atoms with E-state index in [4.69, 9.17) is 0 Å². The fourth-order valence-electron chi connectivity index (χ4n) is 2.41. The lowest BCUT2D eigenvalue weighted by Gasteiger charge is -2.14. The molecular weight excluding hydrogens is 274 g/mol. The van der Waals surface area contributed by atoms with Gasteiger partial charge in [0.1, 0.15) is 0 Å². The molecule has 0 spiro atoms. The highest BCUT2D eigenvalue weighted by Gasteiger charge is 2.17. The standard InChI is InChI=1S/C19H19NO2/c20-13-17(18(14-21)16-9-5-2-6-10-16)19(22)12-11-15-7-3-1-4-8-15/h1-10,19,21-22H,11-12,14H2/b18-17+. The Kier molecular flexibility index (Phi) is 5.91. The van der Waals surface area contributed by atoms with Crippen molar-refractivity contribution >= 4 is 5.57 Å². The number of aryl methyl sites for hydroxylation is 1. The van der Waals surface area contributed by atoms with Gasteiger partial charge in [0.25, 0.3) is 0 Å². The van der Waals surface area contributed by atoms with Crippen LogP contribution in [-0.4, -0.2) is 22.9 Å². The number of benzene rings is 2. The first-order chi connectivity index (χ1) is 10.8. The highest BCUT2D eigenvalue weighted by atomic mass is 16.3. The summed E-state index contributed by atoms with van der Waals surface area (Å²) in [4.78, 5) is 0. The SMILES string of the molecule is N#C/C(=C(/CO)c1ccccc1)C(O)CCc1ccccc1. The Labute approximate surface area is 130 Å². The van der Waals surface area contributed by atoms with Crippen LogP contribution >= 0.6 is 0 Å². The van der Waals surface area contributed by atoms with Crippen LogP contribution in [0.15, 0.2) is 66.2 Å². The second-order valence-corrected chi connectivity index (χ2v) is 5.07. The topological polar surface area (TPSA) is 64.2 Å². The van der Waals surface area contributed by atoms with Gasteiger partial charge in [-0.05, 0) is 24.0 Å². The monoisotopic (exact) mass is 293 g/mol. The molecule has 0 radical (unpaired) electrons. The predicted octanol–water partition coefficient (Wildman–Crippen LogP) is 2.95. The van der Waals surface area contributed by atoms with Gasteiger partial charge in [-0.1, -0.05) is 60.7 Å². The Morgan fingerprint density at radius 1 is 1.00 bits per heavy atom. The van der Waals surface area contributed by atoms with Gasteiger partial charge in [-0.15, -0.1) is 0 Å². The van der Waals surface area contributed by atoms with Gasteiger partial charge in [-0.2, -0.15) is 5.26 Å². The van der Waals surface area contributed by atoms with E-state index in [9.17, 15) is 15.5 Å². The Morgan fingerprint density at radius 3 is 2.14 bits per heavy atom. The molecule has 2 N–H and O–H groups in total. The molecule has 3 nitrogen and oxygen atoms in total. The van der Waals surface area contributed by atoms with Crippen molar-refractivity contribution in [3.05, 3.63) is 77.4 Å². The summed E-state index contributed by atoms with van der Waals surface area (Å²) in [5.41, 5.74) is 2.61. The molecular formula is C19H19NO2. The Balaban J connectivity index is 2.18. The maximum atomic E-state index is 10.3. The average molecular weight is 293 g/mol. The fraction of sp³-hybridized carbons (Fsp3) is 0.211. The van der Waals surface area contributed by atoms with E-state index in [1.807, 2.05) is 60.7 Å². The molecule has 2 rings (SSSR count). The van der Waals surface area contributed by atoms with E-state index < -0.39 is 6.10 Å². The first-order valence-corrected chi connectivity index (χ1v) is 7.27. The molecule has 0 bridgehead atoms. The van der Waals surface area contributed by atoms with Crippen LogP contribution in [0, 0.1) is 11.3 Å². The number of rotatable bonds is 6. The van der Waals surface area contributed by atoms with E-state index in [1.54, 1.807) is 0 Å².